The minimum absolute atomic E-state index is 0.195. The van der Waals surface area contributed by atoms with Crippen molar-refractivity contribution in [3.63, 3.8) is 0 Å². The van der Waals surface area contributed by atoms with E-state index in [0.717, 1.165) is 49.5 Å². The highest BCUT2D eigenvalue weighted by atomic mass is 32.2. The van der Waals surface area contributed by atoms with Crippen molar-refractivity contribution in [3.05, 3.63) is 36.7 Å². The van der Waals surface area contributed by atoms with E-state index in [9.17, 15) is 8.42 Å². The highest BCUT2D eigenvalue weighted by Crippen LogP contribution is 2.41. The van der Waals surface area contributed by atoms with Gasteiger partial charge in [0, 0.05) is 35.2 Å². The molecule has 6 heteroatoms. The maximum atomic E-state index is 13.4. The van der Waals surface area contributed by atoms with E-state index in [-0.39, 0.29) is 5.54 Å². The van der Waals surface area contributed by atoms with E-state index >= 15 is 0 Å². The lowest BCUT2D eigenvalue weighted by Crippen LogP contribution is -2.53. The van der Waals surface area contributed by atoms with Gasteiger partial charge >= 0.3 is 0 Å². The lowest BCUT2D eigenvalue weighted by molar-refractivity contribution is 0.181. The second-order valence-electron chi connectivity index (χ2n) is 6.51. The largest absolute Gasteiger partial charge is 0.317 e. The Morgan fingerprint density at radius 2 is 1.96 bits per heavy atom. The summed E-state index contributed by atoms with van der Waals surface area (Å²) in [6, 6.07) is 7.24. The maximum absolute atomic E-state index is 13.4. The molecule has 0 aliphatic carbocycles. The molecular formula is C17H21N3O2S. The lowest BCUT2D eigenvalue weighted by Gasteiger charge is -2.41. The zero-order valence-corrected chi connectivity index (χ0v) is 13.8. The van der Waals surface area contributed by atoms with E-state index in [1.165, 1.54) is 0 Å². The van der Waals surface area contributed by atoms with Crippen molar-refractivity contribution >= 4 is 20.8 Å². The number of aromatic nitrogens is 1. The average molecular weight is 331 g/mol. The first-order chi connectivity index (χ1) is 11.1. The van der Waals surface area contributed by atoms with Gasteiger partial charge in [-0.15, -0.1) is 0 Å². The molecule has 0 atom stereocenters. The molecular weight excluding hydrogens is 310 g/mol. The minimum Gasteiger partial charge on any atom is -0.317 e. The van der Waals surface area contributed by atoms with Crippen LogP contribution in [0.25, 0.3) is 10.8 Å². The molecule has 1 N–H and O–H groups in total. The molecule has 0 amide bonds. The number of fused-ring (bicyclic) bond motifs is 1. The first-order valence-corrected chi connectivity index (χ1v) is 9.64. The summed E-state index contributed by atoms with van der Waals surface area (Å²) in [6.07, 6.45) is 7.10. The molecule has 1 spiro atoms. The van der Waals surface area contributed by atoms with Gasteiger partial charge in [0.2, 0.25) is 10.0 Å². The average Bonchev–Trinajstić information content (AvgIpc) is 2.98. The fourth-order valence-electron chi connectivity index (χ4n) is 4.12. The molecule has 4 rings (SSSR count). The summed E-state index contributed by atoms with van der Waals surface area (Å²) >= 11 is 0. The fraction of sp³-hybridized carbons (Fsp3) is 0.471. The number of hydrogen-bond donors (Lipinski definition) is 1. The van der Waals surface area contributed by atoms with Crippen LogP contribution < -0.4 is 5.32 Å². The van der Waals surface area contributed by atoms with Crippen LogP contribution in [0.4, 0.5) is 0 Å². The summed E-state index contributed by atoms with van der Waals surface area (Å²) in [6.45, 7) is 2.42. The predicted molar refractivity (Wildman–Crippen MR) is 89.7 cm³/mol. The Labute approximate surface area is 136 Å². The summed E-state index contributed by atoms with van der Waals surface area (Å²) in [7, 11) is -3.50. The maximum Gasteiger partial charge on any atom is 0.244 e. The molecule has 23 heavy (non-hydrogen) atoms. The first kappa shape index (κ1) is 15.1. The third-order valence-electron chi connectivity index (χ3n) is 5.28. The molecule has 3 heterocycles. The number of pyridine rings is 1. The number of rotatable bonds is 2. The zero-order chi connectivity index (χ0) is 15.9. The monoisotopic (exact) mass is 331 g/mol. The van der Waals surface area contributed by atoms with Crippen LogP contribution in [0.3, 0.4) is 0 Å². The van der Waals surface area contributed by atoms with Crippen LogP contribution in [0.2, 0.25) is 0 Å². The van der Waals surface area contributed by atoms with Gasteiger partial charge in [-0.2, -0.15) is 4.31 Å². The molecule has 2 aliphatic heterocycles. The first-order valence-electron chi connectivity index (χ1n) is 8.20. The minimum atomic E-state index is -3.50. The molecule has 0 bridgehead atoms. The quantitative estimate of drug-likeness (QED) is 0.916. The van der Waals surface area contributed by atoms with Gasteiger partial charge < -0.3 is 5.32 Å². The number of benzene rings is 1. The molecule has 0 radical (unpaired) electrons. The summed E-state index contributed by atoms with van der Waals surface area (Å²) in [5, 5.41) is 4.98. The zero-order valence-electron chi connectivity index (χ0n) is 13.0. The van der Waals surface area contributed by atoms with Crippen LogP contribution in [0.15, 0.2) is 41.6 Å². The van der Waals surface area contributed by atoms with Gasteiger partial charge in [-0.25, -0.2) is 8.42 Å². The molecule has 122 valence electrons. The Hall–Kier alpha value is -1.50. The van der Waals surface area contributed by atoms with Crippen molar-refractivity contribution < 1.29 is 8.42 Å². The fourth-order valence-corrected chi connectivity index (χ4v) is 6.22. The summed E-state index contributed by atoms with van der Waals surface area (Å²) < 4.78 is 28.6. The number of piperidine rings is 1. The Morgan fingerprint density at radius 3 is 2.78 bits per heavy atom. The molecule has 5 nitrogen and oxygen atoms in total. The van der Waals surface area contributed by atoms with Gasteiger partial charge in [0.05, 0.1) is 4.90 Å². The van der Waals surface area contributed by atoms with Crippen LogP contribution in [-0.2, 0) is 10.0 Å². The van der Waals surface area contributed by atoms with Crippen molar-refractivity contribution in [2.24, 2.45) is 0 Å². The third-order valence-corrected chi connectivity index (χ3v) is 7.34. The van der Waals surface area contributed by atoms with E-state index in [1.54, 1.807) is 28.8 Å². The molecule has 2 aliphatic rings. The van der Waals surface area contributed by atoms with Crippen LogP contribution in [0.1, 0.15) is 25.7 Å². The standard InChI is InChI=1S/C17H21N3O2S/c21-23(22,16-4-1-3-14-13-19-9-5-15(14)16)20-12-2-6-17(20)7-10-18-11-8-17/h1,3-5,9,13,18H,2,6-8,10-12H2. The predicted octanol–water partition coefficient (Wildman–Crippen LogP) is 2.14. The lowest BCUT2D eigenvalue weighted by atomic mass is 9.87. The number of nitrogens with zero attached hydrogens (tertiary/aromatic N) is 2. The van der Waals surface area contributed by atoms with Crippen molar-refractivity contribution in [1.82, 2.24) is 14.6 Å². The topological polar surface area (TPSA) is 62.3 Å². The normalized spacial score (nSPS) is 21.9. The number of sulfonamides is 1. The smallest absolute Gasteiger partial charge is 0.244 e. The summed E-state index contributed by atoms with van der Waals surface area (Å²) in [5.74, 6) is 0. The van der Waals surface area contributed by atoms with Gasteiger partial charge in [-0.05, 0) is 50.9 Å². The molecule has 2 saturated heterocycles. The Kier molecular flexibility index (Phi) is 3.63. The van der Waals surface area contributed by atoms with Gasteiger partial charge in [0.1, 0.15) is 0 Å². The van der Waals surface area contributed by atoms with E-state index in [2.05, 4.69) is 10.3 Å². The van der Waals surface area contributed by atoms with Gasteiger partial charge in [-0.3, -0.25) is 4.98 Å². The van der Waals surface area contributed by atoms with E-state index in [0.29, 0.717) is 11.4 Å². The Morgan fingerprint density at radius 1 is 1.13 bits per heavy atom. The molecule has 2 aromatic rings. The van der Waals surface area contributed by atoms with Crippen molar-refractivity contribution in [1.29, 1.82) is 0 Å². The van der Waals surface area contributed by atoms with Crippen LogP contribution in [-0.4, -0.2) is 42.9 Å². The van der Waals surface area contributed by atoms with E-state index in [4.69, 9.17) is 0 Å². The van der Waals surface area contributed by atoms with Gasteiger partial charge in [-0.1, -0.05) is 12.1 Å². The second kappa shape index (κ2) is 5.54. The van der Waals surface area contributed by atoms with Crippen LogP contribution in [0, 0.1) is 0 Å². The molecule has 1 aromatic heterocycles. The second-order valence-corrected chi connectivity index (χ2v) is 8.34. The van der Waals surface area contributed by atoms with Crippen molar-refractivity contribution in [3.8, 4) is 0 Å². The molecule has 1 aromatic carbocycles. The summed E-state index contributed by atoms with van der Waals surface area (Å²) in [5.41, 5.74) is -0.195. The summed E-state index contributed by atoms with van der Waals surface area (Å²) in [4.78, 5) is 4.51. The Balaban J connectivity index is 1.83. The van der Waals surface area contributed by atoms with Crippen LogP contribution >= 0.6 is 0 Å². The highest BCUT2D eigenvalue weighted by Gasteiger charge is 2.48. The van der Waals surface area contributed by atoms with Crippen LogP contribution in [0.5, 0.6) is 0 Å². The van der Waals surface area contributed by atoms with Crippen molar-refractivity contribution in [2.45, 2.75) is 36.1 Å². The Bertz CT molecular complexity index is 823. The molecule has 0 saturated carbocycles. The van der Waals surface area contributed by atoms with E-state index < -0.39 is 10.0 Å². The third kappa shape index (κ3) is 2.36. The number of hydrogen-bond acceptors (Lipinski definition) is 4. The molecule has 0 unspecified atom stereocenters. The van der Waals surface area contributed by atoms with Gasteiger partial charge in [0.25, 0.3) is 0 Å². The number of nitrogens with one attached hydrogen (secondary N) is 1. The SMILES string of the molecule is O=S(=O)(c1cccc2cnccc12)N1CCCC12CCNCC2. The molecule has 2 fully saturated rings. The highest BCUT2D eigenvalue weighted by molar-refractivity contribution is 7.89. The van der Waals surface area contributed by atoms with Crippen molar-refractivity contribution in [2.75, 3.05) is 19.6 Å². The van der Waals surface area contributed by atoms with E-state index in [1.807, 2.05) is 12.1 Å². The van der Waals surface area contributed by atoms with Gasteiger partial charge in [0.15, 0.2) is 0 Å².